The first-order valence-corrected chi connectivity index (χ1v) is 6.20. The number of nitriles is 1. The van der Waals surface area contributed by atoms with Gasteiger partial charge in [0, 0.05) is 11.8 Å². The standard InChI is InChI=1S/C15H16N4O/c1-10-6-12(8-16)7-11(2)14(10)20-9-13-4-3-5-18-15(13)19-17/h3-7H,9,17H2,1-2H3,(H,18,19). The summed E-state index contributed by atoms with van der Waals surface area (Å²) in [5, 5.41) is 8.93. The minimum atomic E-state index is 0.362. The largest absolute Gasteiger partial charge is 0.488 e. The number of anilines is 1. The second kappa shape index (κ2) is 6.04. The van der Waals surface area contributed by atoms with Crippen LogP contribution in [0, 0.1) is 25.2 Å². The molecular weight excluding hydrogens is 252 g/mol. The Kier molecular flexibility index (Phi) is 4.18. The molecule has 0 aliphatic rings. The van der Waals surface area contributed by atoms with Gasteiger partial charge in [-0.1, -0.05) is 6.07 Å². The summed E-state index contributed by atoms with van der Waals surface area (Å²) in [5.41, 5.74) is 5.93. The first-order valence-electron chi connectivity index (χ1n) is 6.20. The molecular formula is C15H16N4O. The highest BCUT2D eigenvalue weighted by molar-refractivity contribution is 5.48. The number of aryl methyl sites for hydroxylation is 2. The summed E-state index contributed by atoms with van der Waals surface area (Å²) in [6.07, 6.45) is 1.66. The quantitative estimate of drug-likeness (QED) is 0.657. The number of nitrogens with one attached hydrogen (secondary N) is 1. The monoisotopic (exact) mass is 268 g/mol. The van der Waals surface area contributed by atoms with Gasteiger partial charge in [0.1, 0.15) is 18.2 Å². The Morgan fingerprint density at radius 1 is 1.35 bits per heavy atom. The van der Waals surface area contributed by atoms with Gasteiger partial charge in [-0.15, -0.1) is 0 Å². The maximum Gasteiger partial charge on any atom is 0.146 e. The summed E-state index contributed by atoms with van der Waals surface area (Å²) in [6, 6.07) is 9.49. The lowest BCUT2D eigenvalue weighted by atomic mass is 10.1. The highest BCUT2D eigenvalue weighted by Gasteiger charge is 2.08. The average Bonchev–Trinajstić information content (AvgIpc) is 2.46. The normalized spacial score (nSPS) is 9.90. The zero-order chi connectivity index (χ0) is 14.5. The van der Waals surface area contributed by atoms with Crippen molar-refractivity contribution in [2.75, 3.05) is 5.43 Å². The molecule has 0 atom stereocenters. The minimum absolute atomic E-state index is 0.362. The molecule has 102 valence electrons. The van der Waals surface area contributed by atoms with Crippen LogP contribution in [0.25, 0.3) is 0 Å². The summed E-state index contributed by atoms with van der Waals surface area (Å²) < 4.78 is 5.85. The third kappa shape index (κ3) is 2.87. The summed E-state index contributed by atoms with van der Waals surface area (Å²) in [6.45, 7) is 4.21. The predicted molar refractivity (Wildman–Crippen MR) is 77.0 cm³/mol. The van der Waals surface area contributed by atoms with Gasteiger partial charge in [0.25, 0.3) is 0 Å². The van der Waals surface area contributed by atoms with Crippen LogP contribution in [0.15, 0.2) is 30.5 Å². The molecule has 0 unspecified atom stereocenters. The van der Waals surface area contributed by atoms with Gasteiger partial charge in [-0.25, -0.2) is 10.8 Å². The highest BCUT2D eigenvalue weighted by Crippen LogP contribution is 2.26. The lowest BCUT2D eigenvalue weighted by Gasteiger charge is -2.14. The molecule has 0 amide bonds. The molecule has 0 aliphatic carbocycles. The van der Waals surface area contributed by atoms with Crippen molar-refractivity contribution >= 4 is 5.82 Å². The van der Waals surface area contributed by atoms with Crippen LogP contribution in [0.2, 0.25) is 0 Å². The molecule has 0 saturated carbocycles. The lowest BCUT2D eigenvalue weighted by molar-refractivity contribution is 0.302. The van der Waals surface area contributed by atoms with Gasteiger partial charge < -0.3 is 10.2 Å². The molecule has 1 aromatic carbocycles. The van der Waals surface area contributed by atoms with Crippen LogP contribution in [0.3, 0.4) is 0 Å². The zero-order valence-corrected chi connectivity index (χ0v) is 11.5. The number of benzene rings is 1. The number of hydrogen-bond acceptors (Lipinski definition) is 5. The Labute approximate surface area is 118 Å². The fourth-order valence-corrected chi connectivity index (χ4v) is 2.08. The van der Waals surface area contributed by atoms with E-state index in [2.05, 4.69) is 16.5 Å². The van der Waals surface area contributed by atoms with E-state index in [1.54, 1.807) is 6.20 Å². The van der Waals surface area contributed by atoms with E-state index in [0.29, 0.717) is 18.0 Å². The Morgan fingerprint density at radius 2 is 2.05 bits per heavy atom. The Morgan fingerprint density at radius 3 is 2.65 bits per heavy atom. The molecule has 3 N–H and O–H groups in total. The number of nitrogens with zero attached hydrogens (tertiary/aromatic N) is 2. The third-order valence-corrected chi connectivity index (χ3v) is 2.99. The van der Waals surface area contributed by atoms with Gasteiger partial charge in [0.2, 0.25) is 0 Å². The van der Waals surface area contributed by atoms with E-state index in [-0.39, 0.29) is 0 Å². The van der Waals surface area contributed by atoms with Gasteiger partial charge in [-0.3, -0.25) is 0 Å². The fraction of sp³-hybridized carbons (Fsp3) is 0.200. The number of nitrogens with two attached hydrogens (primary N) is 1. The van der Waals surface area contributed by atoms with Crippen LogP contribution in [-0.4, -0.2) is 4.98 Å². The molecule has 0 bridgehead atoms. The number of rotatable bonds is 4. The van der Waals surface area contributed by atoms with Gasteiger partial charge in [-0.05, 0) is 43.2 Å². The first kappa shape index (κ1) is 13.8. The summed E-state index contributed by atoms with van der Waals surface area (Å²) in [4.78, 5) is 4.12. The number of ether oxygens (including phenoxy) is 1. The number of hydrogen-bond donors (Lipinski definition) is 2. The summed E-state index contributed by atoms with van der Waals surface area (Å²) in [7, 11) is 0. The van der Waals surface area contributed by atoms with Crippen molar-refractivity contribution in [3.8, 4) is 11.8 Å². The number of hydrazine groups is 1. The lowest BCUT2D eigenvalue weighted by Crippen LogP contribution is -2.12. The smallest absolute Gasteiger partial charge is 0.146 e. The Bertz CT molecular complexity index is 638. The maximum atomic E-state index is 8.93. The maximum absolute atomic E-state index is 8.93. The van der Waals surface area contributed by atoms with Crippen molar-refractivity contribution in [3.05, 3.63) is 52.7 Å². The van der Waals surface area contributed by atoms with Crippen LogP contribution < -0.4 is 16.0 Å². The molecule has 0 radical (unpaired) electrons. The first-order chi connectivity index (χ1) is 9.65. The molecule has 2 rings (SSSR count). The van der Waals surface area contributed by atoms with Crippen molar-refractivity contribution in [2.24, 2.45) is 5.84 Å². The average molecular weight is 268 g/mol. The van der Waals surface area contributed by atoms with Crippen LogP contribution in [-0.2, 0) is 6.61 Å². The van der Waals surface area contributed by atoms with Crippen LogP contribution in [0.5, 0.6) is 5.75 Å². The molecule has 0 spiro atoms. The number of aromatic nitrogens is 1. The van der Waals surface area contributed by atoms with E-state index < -0.39 is 0 Å². The van der Waals surface area contributed by atoms with E-state index in [1.165, 1.54) is 0 Å². The fourth-order valence-electron chi connectivity index (χ4n) is 2.08. The second-order valence-corrected chi connectivity index (χ2v) is 4.50. The van der Waals surface area contributed by atoms with E-state index in [0.717, 1.165) is 22.4 Å². The molecule has 1 heterocycles. The van der Waals surface area contributed by atoms with E-state index in [9.17, 15) is 0 Å². The summed E-state index contributed by atoms with van der Waals surface area (Å²) >= 11 is 0. The van der Waals surface area contributed by atoms with Crippen LogP contribution in [0.4, 0.5) is 5.82 Å². The Balaban J connectivity index is 2.22. The van der Waals surface area contributed by atoms with Crippen molar-refractivity contribution in [2.45, 2.75) is 20.5 Å². The van der Waals surface area contributed by atoms with E-state index in [1.807, 2.05) is 38.1 Å². The van der Waals surface area contributed by atoms with E-state index >= 15 is 0 Å². The van der Waals surface area contributed by atoms with E-state index in [4.69, 9.17) is 15.8 Å². The van der Waals surface area contributed by atoms with Crippen molar-refractivity contribution < 1.29 is 4.74 Å². The molecule has 5 nitrogen and oxygen atoms in total. The van der Waals surface area contributed by atoms with Crippen molar-refractivity contribution in [1.29, 1.82) is 5.26 Å². The predicted octanol–water partition coefficient (Wildman–Crippen LogP) is 2.43. The van der Waals surface area contributed by atoms with Gasteiger partial charge in [0.15, 0.2) is 0 Å². The molecule has 0 aliphatic heterocycles. The summed E-state index contributed by atoms with van der Waals surface area (Å²) in [5.74, 6) is 6.79. The van der Waals surface area contributed by atoms with Crippen molar-refractivity contribution in [3.63, 3.8) is 0 Å². The molecule has 0 fully saturated rings. The zero-order valence-electron chi connectivity index (χ0n) is 11.5. The molecule has 5 heteroatoms. The third-order valence-electron chi connectivity index (χ3n) is 2.99. The minimum Gasteiger partial charge on any atom is -0.488 e. The topological polar surface area (TPSA) is 84.0 Å². The molecule has 0 saturated heterocycles. The van der Waals surface area contributed by atoms with Crippen LogP contribution >= 0.6 is 0 Å². The molecule has 1 aromatic heterocycles. The Hall–Kier alpha value is -2.58. The van der Waals surface area contributed by atoms with Gasteiger partial charge in [-0.2, -0.15) is 5.26 Å². The molecule has 2 aromatic rings. The molecule has 20 heavy (non-hydrogen) atoms. The number of pyridine rings is 1. The number of nitrogen functional groups attached to an aromatic ring is 1. The van der Waals surface area contributed by atoms with Crippen molar-refractivity contribution in [1.82, 2.24) is 4.98 Å². The SMILES string of the molecule is Cc1cc(C#N)cc(C)c1OCc1cccnc1NN. The van der Waals surface area contributed by atoms with Gasteiger partial charge >= 0.3 is 0 Å². The van der Waals surface area contributed by atoms with Gasteiger partial charge in [0.05, 0.1) is 11.6 Å². The highest BCUT2D eigenvalue weighted by atomic mass is 16.5. The second-order valence-electron chi connectivity index (χ2n) is 4.50. The van der Waals surface area contributed by atoms with Crippen LogP contribution in [0.1, 0.15) is 22.3 Å².